The SMILES string of the molecule is Cc1ccc([C@H](CN2CCCC2)N(C)C(=O)OCc2ccccc2)cc1. The average Bonchev–Trinajstić information content (AvgIpc) is 3.18. The monoisotopic (exact) mass is 352 g/mol. The van der Waals surface area contributed by atoms with E-state index < -0.39 is 0 Å². The maximum absolute atomic E-state index is 12.7. The van der Waals surface area contributed by atoms with Crippen molar-refractivity contribution in [3.05, 3.63) is 71.3 Å². The summed E-state index contributed by atoms with van der Waals surface area (Å²) >= 11 is 0. The van der Waals surface area contributed by atoms with Gasteiger partial charge < -0.3 is 14.5 Å². The summed E-state index contributed by atoms with van der Waals surface area (Å²) in [7, 11) is 1.84. The minimum Gasteiger partial charge on any atom is -0.445 e. The molecule has 1 aliphatic rings. The van der Waals surface area contributed by atoms with Crippen molar-refractivity contribution in [3.63, 3.8) is 0 Å². The third-order valence-electron chi connectivity index (χ3n) is 5.05. The molecule has 138 valence electrons. The number of ether oxygens (including phenoxy) is 1. The van der Waals surface area contributed by atoms with Crippen molar-refractivity contribution >= 4 is 6.09 Å². The summed E-state index contributed by atoms with van der Waals surface area (Å²) in [6.07, 6.45) is 2.20. The molecule has 2 aromatic carbocycles. The third kappa shape index (κ3) is 4.85. The van der Waals surface area contributed by atoms with Gasteiger partial charge in [0, 0.05) is 13.6 Å². The summed E-state index contributed by atoms with van der Waals surface area (Å²) in [5.74, 6) is 0. The van der Waals surface area contributed by atoms with Crippen molar-refractivity contribution in [2.24, 2.45) is 0 Å². The second-order valence-electron chi connectivity index (χ2n) is 7.09. The van der Waals surface area contributed by atoms with Gasteiger partial charge in [0.1, 0.15) is 6.61 Å². The van der Waals surface area contributed by atoms with E-state index >= 15 is 0 Å². The lowest BCUT2D eigenvalue weighted by Gasteiger charge is -2.31. The minimum atomic E-state index is -0.279. The van der Waals surface area contributed by atoms with Crippen LogP contribution < -0.4 is 0 Å². The Morgan fingerprint density at radius 2 is 1.73 bits per heavy atom. The Hall–Kier alpha value is -2.33. The van der Waals surface area contributed by atoms with Crippen LogP contribution in [0.3, 0.4) is 0 Å². The first-order chi connectivity index (χ1) is 12.6. The number of benzene rings is 2. The van der Waals surface area contributed by atoms with Crippen LogP contribution in [0.4, 0.5) is 4.79 Å². The highest BCUT2D eigenvalue weighted by Gasteiger charge is 2.26. The number of rotatable bonds is 6. The molecule has 1 atom stereocenters. The third-order valence-corrected chi connectivity index (χ3v) is 5.05. The zero-order valence-electron chi connectivity index (χ0n) is 15.7. The summed E-state index contributed by atoms with van der Waals surface area (Å²) < 4.78 is 5.55. The molecule has 0 aliphatic carbocycles. The van der Waals surface area contributed by atoms with Crippen molar-refractivity contribution in [2.45, 2.75) is 32.4 Å². The van der Waals surface area contributed by atoms with E-state index in [2.05, 4.69) is 36.1 Å². The summed E-state index contributed by atoms with van der Waals surface area (Å²) in [5, 5.41) is 0. The van der Waals surface area contributed by atoms with Crippen LogP contribution in [-0.2, 0) is 11.3 Å². The predicted molar refractivity (Wildman–Crippen MR) is 104 cm³/mol. The number of hydrogen-bond donors (Lipinski definition) is 0. The number of nitrogens with zero attached hydrogens (tertiary/aromatic N) is 2. The van der Waals surface area contributed by atoms with E-state index in [1.165, 1.54) is 18.4 Å². The maximum atomic E-state index is 12.7. The number of carbonyl (C=O) groups excluding carboxylic acids is 1. The number of likely N-dealkylation sites (tertiary alicyclic amines) is 1. The fraction of sp³-hybridized carbons (Fsp3) is 0.409. The van der Waals surface area contributed by atoms with E-state index in [1.807, 2.05) is 37.4 Å². The summed E-state index contributed by atoms with van der Waals surface area (Å²) in [6, 6.07) is 18.3. The molecule has 26 heavy (non-hydrogen) atoms. The first-order valence-electron chi connectivity index (χ1n) is 9.36. The van der Waals surface area contributed by atoms with Gasteiger partial charge in [-0.05, 0) is 44.0 Å². The molecular weight excluding hydrogens is 324 g/mol. The fourth-order valence-electron chi connectivity index (χ4n) is 3.40. The number of hydrogen-bond acceptors (Lipinski definition) is 3. The van der Waals surface area contributed by atoms with Crippen LogP contribution in [0.5, 0.6) is 0 Å². The summed E-state index contributed by atoms with van der Waals surface area (Å²) in [5.41, 5.74) is 3.38. The Bertz CT molecular complexity index is 694. The van der Waals surface area contributed by atoms with Crippen molar-refractivity contribution < 1.29 is 9.53 Å². The van der Waals surface area contributed by atoms with E-state index in [0.717, 1.165) is 30.8 Å². The second kappa shape index (κ2) is 8.86. The molecule has 4 nitrogen and oxygen atoms in total. The van der Waals surface area contributed by atoms with Gasteiger partial charge in [0.25, 0.3) is 0 Å². The minimum absolute atomic E-state index is 0.00280. The quantitative estimate of drug-likeness (QED) is 0.772. The van der Waals surface area contributed by atoms with E-state index in [4.69, 9.17) is 4.74 Å². The highest BCUT2D eigenvalue weighted by atomic mass is 16.6. The van der Waals surface area contributed by atoms with Gasteiger partial charge in [-0.3, -0.25) is 0 Å². The number of aryl methyl sites for hydroxylation is 1. The Morgan fingerprint density at radius 3 is 2.38 bits per heavy atom. The molecule has 1 amide bonds. The first kappa shape index (κ1) is 18.5. The first-order valence-corrected chi connectivity index (χ1v) is 9.36. The molecule has 1 saturated heterocycles. The molecule has 1 heterocycles. The fourth-order valence-corrected chi connectivity index (χ4v) is 3.40. The molecule has 1 fully saturated rings. The molecule has 0 saturated carbocycles. The second-order valence-corrected chi connectivity index (χ2v) is 7.09. The van der Waals surface area contributed by atoms with Gasteiger partial charge in [0.05, 0.1) is 6.04 Å². The molecule has 0 bridgehead atoms. The Kier molecular flexibility index (Phi) is 6.29. The predicted octanol–water partition coefficient (Wildman–Crippen LogP) is 4.40. The van der Waals surface area contributed by atoms with Crippen molar-refractivity contribution in [1.82, 2.24) is 9.80 Å². The van der Waals surface area contributed by atoms with Gasteiger partial charge in [-0.25, -0.2) is 4.79 Å². The van der Waals surface area contributed by atoms with E-state index in [1.54, 1.807) is 4.90 Å². The molecule has 1 aliphatic heterocycles. The molecular formula is C22H28N2O2. The van der Waals surface area contributed by atoms with Gasteiger partial charge in [0.15, 0.2) is 0 Å². The summed E-state index contributed by atoms with van der Waals surface area (Å²) in [6.45, 7) is 5.44. The van der Waals surface area contributed by atoms with E-state index in [0.29, 0.717) is 6.61 Å². The van der Waals surface area contributed by atoms with Gasteiger partial charge >= 0.3 is 6.09 Å². The Balaban J connectivity index is 1.69. The highest BCUT2D eigenvalue weighted by molar-refractivity contribution is 5.68. The van der Waals surface area contributed by atoms with Crippen LogP contribution in [0.25, 0.3) is 0 Å². The van der Waals surface area contributed by atoms with Crippen molar-refractivity contribution in [2.75, 3.05) is 26.7 Å². The van der Waals surface area contributed by atoms with Gasteiger partial charge in [-0.2, -0.15) is 0 Å². The van der Waals surface area contributed by atoms with Crippen LogP contribution in [0.15, 0.2) is 54.6 Å². The van der Waals surface area contributed by atoms with Crippen molar-refractivity contribution in [3.8, 4) is 0 Å². The van der Waals surface area contributed by atoms with Crippen LogP contribution >= 0.6 is 0 Å². The molecule has 0 N–H and O–H groups in total. The van der Waals surface area contributed by atoms with Crippen LogP contribution in [-0.4, -0.2) is 42.6 Å². The van der Waals surface area contributed by atoms with E-state index in [9.17, 15) is 4.79 Å². The van der Waals surface area contributed by atoms with Crippen LogP contribution in [0.1, 0.15) is 35.6 Å². The van der Waals surface area contributed by atoms with Crippen molar-refractivity contribution in [1.29, 1.82) is 0 Å². The molecule has 0 radical (unpaired) electrons. The molecule has 4 heteroatoms. The van der Waals surface area contributed by atoms with Gasteiger partial charge in [-0.1, -0.05) is 60.2 Å². The average molecular weight is 352 g/mol. The Labute approximate surface area is 156 Å². The normalized spacial score (nSPS) is 15.6. The topological polar surface area (TPSA) is 32.8 Å². The highest BCUT2D eigenvalue weighted by Crippen LogP contribution is 2.24. The largest absolute Gasteiger partial charge is 0.445 e. The van der Waals surface area contributed by atoms with E-state index in [-0.39, 0.29) is 12.1 Å². The smallest absolute Gasteiger partial charge is 0.410 e. The molecule has 3 rings (SSSR count). The molecule has 0 spiro atoms. The van der Waals surface area contributed by atoms with Gasteiger partial charge in [-0.15, -0.1) is 0 Å². The maximum Gasteiger partial charge on any atom is 0.410 e. The molecule has 0 aromatic heterocycles. The standard InChI is InChI=1S/C22H28N2O2/c1-18-10-12-20(13-11-18)21(16-24-14-6-7-15-24)23(2)22(25)26-17-19-8-4-3-5-9-19/h3-5,8-13,21H,6-7,14-17H2,1-2H3/t21-/m0/s1. The number of carbonyl (C=O) groups is 1. The Morgan fingerprint density at radius 1 is 1.08 bits per heavy atom. The molecule has 0 unspecified atom stereocenters. The zero-order chi connectivity index (χ0) is 18.4. The van der Waals surface area contributed by atoms with Crippen LogP contribution in [0.2, 0.25) is 0 Å². The lowest BCUT2D eigenvalue weighted by Crippen LogP contribution is -2.38. The lowest BCUT2D eigenvalue weighted by molar-refractivity contribution is 0.0834. The number of amides is 1. The lowest BCUT2D eigenvalue weighted by atomic mass is 10.0. The van der Waals surface area contributed by atoms with Crippen LogP contribution in [0, 0.1) is 6.92 Å². The summed E-state index contributed by atoms with van der Waals surface area (Å²) in [4.78, 5) is 16.8. The molecule has 2 aromatic rings. The van der Waals surface area contributed by atoms with Gasteiger partial charge in [0.2, 0.25) is 0 Å². The zero-order valence-corrected chi connectivity index (χ0v) is 15.7. The number of likely N-dealkylation sites (N-methyl/N-ethyl adjacent to an activating group) is 1.